The SMILES string of the molecule is O=C(CN1CCN(CCCCO)CC1)N1CCc2ccccc21. The number of aliphatic hydroxyl groups is 1. The third-order valence-electron chi connectivity index (χ3n) is 4.89. The Morgan fingerprint density at radius 2 is 1.74 bits per heavy atom. The van der Waals surface area contributed by atoms with Crippen LogP contribution < -0.4 is 4.90 Å². The molecule has 1 N–H and O–H groups in total. The molecule has 0 bridgehead atoms. The van der Waals surface area contributed by atoms with E-state index >= 15 is 0 Å². The van der Waals surface area contributed by atoms with Crippen molar-refractivity contribution >= 4 is 11.6 Å². The molecular weight excluding hydrogens is 290 g/mol. The van der Waals surface area contributed by atoms with Crippen molar-refractivity contribution in [1.29, 1.82) is 0 Å². The summed E-state index contributed by atoms with van der Waals surface area (Å²) >= 11 is 0. The minimum atomic E-state index is 0.226. The van der Waals surface area contributed by atoms with Crippen molar-refractivity contribution in [3.63, 3.8) is 0 Å². The molecule has 0 radical (unpaired) electrons. The third kappa shape index (κ3) is 4.10. The first-order chi connectivity index (χ1) is 11.3. The number of aliphatic hydroxyl groups excluding tert-OH is 1. The molecular formula is C18H27N3O2. The monoisotopic (exact) mass is 317 g/mol. The lowest BCUT2D eigenvalue weighted by atomic mass is 10.2. The zero-order chi connectivity index (χ0) is 16.1. The molecule has 1 aromatic rings. The lowest BCUT2D eigenvalue weighted by Gasteiger charge is -2.35. The van der Waals surface area contributed by atoms with Crippen molar-refractivity contribution < 1.29 is 9.90 Å². The second-order valence-electron chi connectivity index (χ2n) is 6.47. The zero-order valence-electron chi connectivity index (χ0n) is 13.8. The Morgan fingerprint density at radius 3 is 2.52 bits per heavy atom. The number of nitrogens with zero attached hydrogens (tertiary/aromatic N) is 3. The second-order valence-corrected chi connectivity index (χ2v) is 6.47. The smallest absolute Gasteiger partial charge is 0.241 e. The van der Waals surface area contributed by atoms with Crippen LogP contribution in [0.4, 0.5) is 5.69 Å². The Hall–Kier alpha value is -1.43. The first kappa shape index (κ1) is 16.4. The predicted molar refractivity (Wildman–Crippen MR) is 91.7 cm³/mol. The maximum absolute atomic E-state index is 12.6. The molecule has 0 unspecified atom stereocenters. The number of carbonyl (C=O) groups excluding carboxylic acids is 1. The number of carbonyl (C=O) groups is 1. The normalized spacial score (nSPS) is 19.1. The van der Waals surface area contributed by atoms with Crippen LogP contribution in [0.15, 0.2) is 24.3 Å². The summed E-state index contributed by atoms with van der Waals surface area (Å²) in [5.41, 5.74) is 2.38. The van der Waals surface area contributed by atoms with Gasteiger partial charge in [-0.15, -0.1) is 0 Å². The average molecular weight is 317 g/mol. The van der Waals surface area contributed by atoms with Crippen LogP contribution in [0.25, 0.3) is 0 Å². The van der Waals surface area contributed by atoms with Gasteiger partial charge in [0.2, 0.25) is 5.91 Å². The van der Waals surface area contributed by atoms with Crippen molar-refractivity contribution in [1.82, 2.24) is 9.80 Å². The highest BCUT2D eigenvalue weighted by molar-refractivity contribution is 5.96. The van der Waals surface area contributed by atoms with Crippen molar-refractivity contribution in [2.75, 3.05) is 57.3 Å². The molecule has 1 saturated heterocycles. The predicted octanol–water partition coefficient (Wildman–Crippen LogP) is 0.966. The molecule has 0 spiro atoms. The van der Waals surface area contributed by atoms with Gasteiger partial charge in [0.25, 0.3) is 0 Å². The van der Waals surface area contributed by atoms with Crippen LogP contribution in [0.1, 0.15) is 18.4 Å². The Balaban J connectivity index is 1.45. The largest absolute Gasteiger partial charge is 0.396 e. The molecule has 5 nitrogen and oxygen atoms in total. The molecule has 0 aliphatic carbocycles. The van der Waals surface area contributed by atoms with E-state index in [0.29, 0.717) is 6.54 Å². The van der Waals surface area contributed by atoms with Gasteiger partial charge in [0.1, 0.15) is 0 Å². The van der Waals surface area contributed by atoms with Crippen LogP contribution in [0, 0.1) is 0 Å². The number of benzene rings is 1. The number of fused-ring (bicyclic) bond motifs is 1. The number of hydrogen-bond acceptors (Lipinski definition) is 4. The van der Waals surface area contributed by atoms with Gasteiger partial charge in [0.05, 0.1) is 6.54 Å². The van der Waals surface area contributed by atoms with Gasteiger partial charge in [-0.3, -0.25) is 9.69 Å². The average Bonchev–Trinajstić information content (AvgIpc) is 3.01. The maximum Gasteiger partial charge on any atom is 0.241 e. The summed E-state index contributed by atoms with van der Waals surface area (Å²) in [6.07, 6.45) is 2.91. The molecule has 1 amide bonds. The molecule has 1 fully saturated rings. The summed E-state index contributed by atoms with van der Waals surface area (Å²) in [6, 6.07) is 8.23. The van der Waals surface area contributed by atoms with E-state index < -0.39 is 0 Å². The van der Waals surface area contributed by atoms with Crippen LogP contribution in [0.5, 0.6) is 0 Å². The van der Waals surface area contributed by atoms with Crippen LogP contribution in [0.2, 0.25) is 0 Å². The molecule has 0 saturated carbocycles. The van der Waals surface area contributed by atoms with Gasteiger partial charge in [-0.05, 0) is 37.4 Å². The lowest BCUT2D eigenvalue weighted by Crippen LogP contribution is -2.50. The first-order valence-electron chi connectivity index (χ1n) is 8.72. The Labute approximate surface area is 138 Å². The van der Waals surface area contributed by atoms with Crippen molar-refractivity contribution in [3.8, 4) is 0 Å². The number of anilines is 1. The van der Waals surface area contributed by atoms with Gasteiger partial charge in [-0.1, -0.05) is 18.2 Å². The Kier molecular flexibility index (Phi) is 5.65. The van der Waals surface area contributed by atoms with E-state index in [2.05, 4.69) is 21.9 Å². The number of unbranched alkanes of at least 4 members (excludes halogenated alkanes) is 1. The molecule has 3 rings (SSSR count). The summed E-state index contributed by atoms with van der Waals surface area (Å²) in [5, 5.41) is 8.84. The standard InChI is InChI=1S/C18H27N3O2/c22-14-4-3-8-19-10-12-20(13-11-19)15-18(23)21-9-7-16-5-1-2-6-17(16)21/h1-2,5-6,22H,3-4,7-15H2. The summed E-state index contributed by atoms with van der Waals surface area (Å²) in [5.74, 6) is 0.226. The quantitative estimate of drug-likeness (QED) is 0.794. The van der Waals surface area contributed by atoms with E-state index in [1.54, 1.807) is 0 Å². The fraction of sp³-hybridized carbons (Fsp3) is 0.611. The highest BCUT2D eigenvalue weighted by atomic mass is 16.2. The van der Waals surface area contributed by atoms with Crippen LogP contribution in [-0.4, -0.2) is 73.2 Å². The fourth-order valence-electron chi connectivity index (χ4n) is 3.49. The van der Waals surface area contributed by atoms with E-state index in [0.717, 1.165) is 64.2 Å². The van der Waals surface area contributed by atoms with E-state index in [9.17, 15) is 4.79 Å². The molecule has 2 heterocycles. The van der Waals surface area contributed by atoms with Gasteiger partial charge >= 0.3 is 0 Å². The second kappa shape index (κ2) is 7.90. The Morgan fingerprint density at radius 1 is 1.00 bits per heavy atom. The molecule has 126 valence electrons. The molecule has 0 aromatic heterocycles. The summed E-state index contributed by atoms with van der Waals surface area (Å²) in [7, 11) is 0. The molecule has 2 aliphatic heterocycles. The van der Waals surface area contributed by atoms with Crippen molar-refractivity contribution in [3.05, 3.63) is 29.8 Å². The van der Waals surface area contributed by atoms with E-state index in [1.807, 2.05) is 17.0 Å². The summed E-state index contributed by atoms with van der Waals surface area (Å²) in [6.45, 7) is 6.65. The molecule has 5 heteroatoms. The summed E-state index contributed by atoms with van der Waals surface area (Å²) in [4.78, 5) is 19.3. The number of rotatable bonds is 6. The van der Waals surface area contributed by atoms with Gasteiger partial charge in [-0.2, -0.15) is 0 Å². The minimum absolute atomic E-state index is 0.226. The van der Waals surface area contributed by atoms with Gasteiger partial charge in [0, 0.05) is 45.0 Å². The first-order valence-corrected chi connectivity index (χ1v) is 8.72. The maximum atomic E-state index is 12.6. The molecule has 2 aliphatic rings. The van der Waals surface area contributed by atoms with E-state index in [1.165, 1.54) is 5.56 Å². The van der Waals surface area contributed by atoms with Gasteiger partial charge < -0.3 is 14.9 Å². The Bertz CT molecular complexity index is 527. The highest BCUT2D eigenvalue weighted by Crippen LogP contribution is 2.27. The van der Waals surface area contributed by atoms with Crippen molar-refractivity contribution in [2.24, 2.45) is 0 Å². The molecule has 0 atom stereocenters. The fourth-order valence-corrected chi connectivity index (χ4v) is 3.49. The highest BCUT2D eigenvalue weighted by Gasteiger charge is 2.26. The van der Waals surface area contributed by atoms with E-state index in [4.69, 9.17) is 5.11 Å². The van der Waals surface area contributed by atoms with Gasteiger partial charge in [-0.25, -0.2) is 0 Å². The summed E-state index contributed by atoms with van der Waals surface area (Å²) < 4.78 is 0. The third-order valence-corrected chi connectivity index (χ3v) is 4.89. The molecule has 1 aromatic carbocycles. The molecule has 23 heavy (non-hydrogen) atoms. The van der Waals surface area contributed by atoms with Crippen molar-refractivity contribution in [2.45, 2.75) is 19.3 Å². The van der Waals surface area contributed by atoms with Crippen LogP contribution in [0.3, 0.4) is 0 Å². The van der Waals surface area contributed by atoms with Crippen LogP contribution >= 0.6 is 0 Å². The van der Waals surface area contributed by atoms with Gasteiger partial charge in [0.15, 0.2) is 0 Å². The number of hydrogen-bond donors (Lipinski definition) is 1. The number of para-hydroxylation sites is 1. The zero-order valence-corrected chi connectivity index (χ0v) is 13.8. The van der Waals surface area contributed by atoms with Crippen LogP contribution in [-0.2, 0) is 11.2 Å². The minimum Gasteiger partial charge on any atom is -0.396 e. The van der Waals surface area contributed by atoms with E-state index in [-0.39, 0.29) is 12.5 Å². The number of piperazine rings is 1. The topological polar surface area (TPSA) is 47.0 Å². The lowest BCUT2D eigenvalue weighted by molar-refractivity contribution is -0.120. The number of amides is 1.